The van der Waals surface area contributed by atoms with Crippen LogP contribution in [0, 0.1) is 17.8 Å². The molecule has 5 rings (SSSR count). The Balaban J connectivity index is 1.43. The largest absolute Gasteiger partial charge is 0.396 e. The van der Waals surface area contributed by atoms with Gasteiger partial charge in [-0.25, -0.2) is 0 Å². The van der Waals surface area contributed by atoms with E-state index in [1.54, 1.807) is 4.90 Å². The van der Waals surface area contributed by atoms with Gasteiger partial charge >= 0.3 is 0 Å². The van der Waals surface area contributed by atoms with Crippen molar-refractivity contribution in [3.63, 3.8) is 0 Å². The molecule has 3 heterocycles. The van der Waals surface area contributed by atoms with Crippen LogP contribution in [-0.2, 0) is 25.7 Å². The summed E-state index contributed by atoms with van der Waals surface area (Å²) < 4.78 is 6.80. The van der Waals surface area contributed by atoms with E-state index in [0.717, 1.165) is 37.7 Å². The summed E-state index contributed by atoms with van der Waals surface area (Å²) in [6, 6.07) is 9.11. The zero-order valence-corrected chi connectivity index (χ0v) is 22.8. The zero-order chi connectivity index (χ0) is 26.9. The van der Waals surface area contributed by atoms with E-state index in [-0.39, 0.29) is 36.3 Å². The summed E-state index contributed by atoms with van der Waals surface area (Å²) in [6.07, 6.45) is 8.01. The van der Waals surface area contributed by atoms with Crippen LogP contribution in [-0.4, -0.2) is 64.2 Å². The molecule has 3 aliphatic heterocycles. The van der Waals surface area contributed by atoms with Crippen molar-refractivity contribution in [2.45, 2.75) is 101 Å². The predicted octanol–water partition coefficient (Wildman–Crippen LogP) is 2.92. The van der Waals surface area contributed by atoms with Gasteiger partial charge in [-0.3, -0.25) is 14.4 Å². The topological polar surface area (TPSA) is 108 Å². The summed E-state index contributed by atoms with van der Waals surface area (Å²) in [6.45, 7) is 4.94. The van der Waals surface area contributed by atoms with Crippen LogP contribution in [0.2, 0.25) is 0 Å². The minimum Gasteiger partial charge on any atom is -0.396 e. The van der Waals surface area contributed by atoms with Crippen molar-refractivity contribution >= 4 is 17.7 Å². The molecule has 0 aromatic heterocycles. The number of hydrogen-bond acceptors (Lipinski definition) is 5. The highest BCUT2D eigenvalue weighted by Crippen LogP contribution is 2.65. The van der Waals surface area contributed by atoms with E-state index >= 15 is 0 Å². The molecule has 3 N–H and O–H groups in total. The van der Waals surface area contributed by atoms with Crippen LogP contribution in [0.3, 0.4) is 0 Å². The minimum atomic E-state index is -1.00. The highest BCUT2D eigenvalue weighted by Gasteiger charge is 2.79. The average Bonchev–Trinajstić information content (AvgIpc) is 3.43. The molecule has 2 bridgehead atoms. The van der Waals surface area contributed by atoms with Crippen molar-refractivity contribution in [2.24, 2.45) is 17.8 Å². The number of rotatable bonds is 10. The van der Waals surface area contributed by atoms with Crippen LogP contribution >= 0.6 is 0 Å². The predicted molar refractivity (Wildman–Crippen MR) is 143 cm³/mol. The smallest absolute Gasteiger partial charge is 0.246 e. The molecule has 3 unspecified atom stereocenters. The van der Waals surface area contributed by atoms with Gasteiger partial charge in [0, 0.05) is 25.7 Å². The van der Waals surface area contributed by atoms with E-state index in [1.807, 2.05) is 37.3 Å². The second-order valence-corrected chi connectivity index (χ2v) is 12.1. The van der Waals surface area contributed by atoms with Crippen molar-refractivity contribution in [3.05, 3.63) is 35.9 Å². The van der Waals surface area contributed by atoms with Crippen LogP contribution in [0.25, 0.3) is 0 Å². The highest BCUT2D eigenvalue weighted by atomic mass is 16.5. The maximum Gasteiger partial charge on any atom is 0.246 e. The number of carbonyl (C=O) groups is 3. The number of aliphatic hydroxyl groups excluding tert-OH is 1. The lowest BCUT2D eigenvalue weighted by Gasteiger charge is -2.36. The number of fused-ring (bicyclic) bond motifs is 1. The van der Waals surface area contributed by atoms with Crippen LogP contribution in [0.15, 0.2) is 30.3 Å². The molecule has 8 nitrogen and oxygen atoms in total. The molecule has 4 aliphatic rings. The Morgan fingerprint density at radius 1 is 1.08 bits per heavy atom. The Hall–Kier alpha value is -2.45. The number of carbonyl (C=O) groups excluding carboxylic acids is 3. The number of hydrogen-bond donors (Lipinski definition) is 3. The summed E-state index contributed by atoms with van der Waals surface area (Å²) in [5, 5.41) is 15.6. The fourth-order valence-electron chi connectivity index (χ4n) is 7.67. The van der Waals surface area contributed by atoms with Crippen molar-refractivity contribution < 1.29 is 24.2 Å². The third-order valence-corrected chi connectivity index (χ3v) is 9.66. The number of ether oxygens (including phenoxy) is 1. The summed E-state index contributed by atoms with van der Waals surface area (Å²) in [5.41, 5.74) is -0.825. The molecule has 6 atom stereocenters. The van der Waals surface area contributed by atoms with Gasteiger partial charge in [-0.05, 0) is 56.9 Å². The number of nitrogens with zero attached hydrogens (tertiary/aromatic N) is 1. The van der Waals surface area contributed by atoms with Crippen molar-refractivity contribution in [2.75, 3.05) is 13.2 Å². The van der Waals surface area contributed by atoms with Gasteiger partial charge in [-0.1, -0.05) is 56.5 Å². The third-order valence-electron chi connectivity index (χ3n) is 9.66. The van der Waals surface area contributed by atoms with Gasteiger partial charge in [-0.2, -0.15) is 0 Å². The standard InChI is InChI=1S/C30H43N3O5/c1-20-18-30-24(23(29(20,2)38-30)26(35)31-19-21-12-6-3-7-13-21)28(37)33(16-10-5-11-17-34)25(30)27(36)32-22-14-8-4-9-15-22/h3,6-7,12-13,20,22-25,34H,4-5,8-11,14-19H2,1-2H3,(H,31,35)(H,32,36)/t20?,23-,24-,25?,29+,30?/m0/s1. The Morgan fingerprint density at radius 2 is 1.82 bits per heavy atom. The SMILES string of the molecule is CC1CC23O[C@@]1(C)[C@H](C(=O)NCc1ccccc1)[C@H]2C(=O)N(CCCCCO)C3C(=O)NC1CCCCC1. The second-order valence-electron chi connectivity index (χ2n) is 12.1. The maximum atomic E-state index is 14.1. The first-order valence-electron chi connectivity index (χ1n) is 14.6. The van der Waals surface area contributed by atoms with Crippen LogP contribution in [0.5, 0.6) is 0 Å². The van der Waals surface area contributed by atoms with Crippen LogP contribution in [0.1, 0.15) is 77.2 Å². The first-order chi connectivity index (χ1) is 18.3. The van der Waals surface area contributed by atoms with Gasteiger partial charge in [-0.15, -0.1) is 0 Å². The zero-order valence-electron chi connectivity index (χ0n) is 22.8. The number of aliphatic hydroxyl groups is 1. The number of nitrogens with one attached hydrogen (secondary N) is 2. The lowest BCUT2D eigenvalue weighted by Crippen LogP contribution is -2.57. The Kier molecular flexibility index (Phi) is 7.83. The lowest BCUT2D eigenvalue weighted by molar-refractivity contribution is -0.148. The van der Waals surface area contributed by atoms with Gasteiger partial charge in [0.15, 0.2) is 0 Å². The van der Waals surface area contributed by atoms with E-state index in [0.29, 0.717) is 32.4 Å². The van der Waals surface area contributed by atoms with Gasteiger partial charge in [0.25, 0.3) is 0 Å². The van der Waals surface area contributed by atoms with E-state index in [2.05, 4.69) is 17.6 Å². The molecule has 4 fully saturated rings. The van der Waals surface area contributed by atoms with Gasteiger partial charge in [0.2, 0.25) is 17.7 Å². The minimum absolute atomic E-state index is 0.0262. The Morgan fingerprint density at radius 3 is 2.53 bits per heavy atom. The van der Waals surface area contributed by atoms with Crippen molar-refractivity contribution in [3.8, 4) is 0 Å². The van der Waals surface area contributed by atoms with E-state index in [9.17, 15) is 19.5 Å². The molecule has 1 aromatic rings. The summed E-state index contributed by atoms with van der Waals surface area (Å²) >= 11 is 0. The maximum absolute atomic E-state index is 14.1. The normalized spacial score (nSPS) is 34.4. The summed E-state index contributed by atoms with van der Waals surface area (Å²) in [7, 11) is 0. The monoisotopic (exact) mass is 525 g/mol. The Labute approximate surface area is 225 Å². The molecular formula is C30H43N3O5. The first-order valence-corrected chi connectivity index (χ1v) is 14.6. The molecule has 3 saturated heterocycles. The van der Waals surface area contributed by atoms with Crippen molar-refractivity contribution in [1.82, 2.24) is 15.5 Å². The van der Waals surface area contributed by atoms with Crippen LogP contribution < -0.4 is 10.6 Å². The van der Waals surface area contributed by atoms with Gasteiger partial charge < -0.3 is 25.4 Å². The molecule has 208 valence electrons. The molecule has 38 heavy (non-hydrogen) atoms. The number of amides is 3. The van der Waals surface area contributed by atoms with Gasteiger partial charge in [0.1, 0.15) is 11.6 Å². The molecular weight excluding hydrogens is 482 g/mol. The van der Waals surface area contributed by atoms with E-state index in [4.69, 9.17) is 4.74 Å². The fraction of sp³-hybridized carbons (Fsp3) is 0.700. The lowest BCUT2D eigenvalue weighted by atomic mass is 9.62. The van der Waals surface area contributed by atoms with Gasteiger partial charge in [0.05, 0.1) is 17.4 Å². The molecule has 1 aromatic carbocycles. The van der Waals surface area contributed by atoms with Crippen LogP contribution in [0.4, 0.5) is 0 Å². The molecule has 1 saturated carbocycles. The van der Waals surface area contributed by atoms with Crippen molar-refractivity contribution in [1.29, 1.82) is 0 Å². The molecule has 3 amide bonds. The molecule has 1 aliphatic carbocycles. The van der Waals surface area contributed by atoms with E-state index < -0.39 is 29.1 Å². The highest BCUT2D eigenvalue weighted by molar-refractivity contribution is 5.99. The third kappa shape index (κ3) is 4.64. The summed E-state index contributed by atoms with van der Waals surface area (Å²) in [5.74, 6) is -1.78. The van der Waals surface area contributed by atoms with E-state index in [1.165, 1.54) is 6.42 Å². The number of likely N-dealkylation sites (tertiary alicyclic amines) is 1. The second kappa shape index (κ2) is 11.0. The number of unbranched alkanes of at least 4 members (excludes halogenated alkanes) is 2. The quantitative estimate of drug-likeness (QED) is 0.407. The fourth-order valence-corrected chi connectivity index (χ4v) is 7.67. The average molecular weight is 526 g/mol. The molecule has 0 radical (unpaired) electrons. The summed E-state index contributed by atoms with van der Waals surface area (Å²) in [4.78, 5) is 43.5. The molecule has 8 heteroatoms. The first kappa shape index (κ1) is 27.1. The Bertz CT molecular complexity index is 1030. The molecule has 1 spiro atoms. The number of benzene rings is 1.